The van der Waals surface area contributed by atoms with E-state index in [1.807, 2.05) is 12.5 Å². The number of aliphatic carboxylic acids is 1. The molecule has 0 saturated carbocycles. The lowest BCUT2D eigenvalue weighted by atomic mass is 10.1. The third-order valence-corrected chi connectivity index (χ3v) is 3.65. The van der Waals surface area contributed by atoms with Crippen LogP contribution in [-0.4, -0.2) is 23.6 Å². The Kier molecular flexibility index (Phi) is 25.7. The highest BCUT2D eigenvalue weighted by Gasteiger charge is 1.95. The highest BCUT2D eigenvalue weighted by molar-refractivity contribution is 7.97. The number of thioether (sulfide) groups is 1. The van der Waals surface area contributed by atoms with E-state index in [0.717, 1.165) is 12.8 Å². The zero-order valence-corrected chi connectivity index (χ0v) is 16.6. The minimum atomic E-state index is -0.664. The molecule has 0 bridgehead atoms. The Bertz CT molecular complexity index is 252. The topological polar surface area (TPSA) is 37.3 Å². The van der Waals surface area contributed by atoms with Gasteiger partial charge in [-0.2, -0.15) is 11.8 Å². The first-order valence-electron chi connectivity index (χ1n) is 9.45. The van der Waals surface area contributed by atoms with Gasteiger partial charge in [0.1, 0.15) is 0 Å². The fourth-order valence-electron chi connectivity index (χ4n) is 2.35. The molecule has 1 N–H and O–H groups in total. The van der Waals surface area contributed by atoms with Gasteiger partial charge in [-0.05, 0) is 44.6 Å². The number of rotatable bonds is 15. The van der Waals surface area contributed by atoms with Crippen molar-refractivity contribution in [2.75, 3.05) is 12.5 Å². The van der Waals surface area contributed by atoms with Crippen LogP contribution in [0.2, 0.25) is 0 Å². The van der Waals surface area contributed by atoms with E-state index in [1.54, 1.807) is 11.8 Å². The summed E-state index contributed by atoms with van der Waals surface area (Å²) in [5, 5.41) is 8.51. The van der Waals surface area contributed by atoms with Gasteiger partial charge in [0.05, 0.1) is 0 Å². The lowest BCUT2D eigenvalue weighted by Crippen LogP contribution is -1.93. The van der Waals surface area contributed by atoms with Crippen LogP contribution < -0.4 is 0 Å². The lowest BCUT2D eigenvalue weighted by molar-refractivity contribution is -0.137. The lowest BCUT2D eigenvalue weighted by Gasteiger charge is -1.99. The van der Waals surface area contributed by atoms with Crippen molar-refractivity contribution in [3.05, 3.63) is 12.2 Å². The van der Waals surface area contributed by atoms with Crippen LogP contribution in [0.25, 0.3) is 0 Å². The summed E-state index contributed by atoms with van der Waals surface area (Å²) in [6, 6.07) is 0. The van der Waals surface area contributed by atoms with E-state index in [1.165, 1.54) is 70.6 Å². The van der Waals surface area contributed by atoms with Gasteiger partial charge in [0.25, 0.3) is 0 Å². The van der Waals surface area contributed by atoms with Crippen molar-refractivity contribution >= 4 is 17.7 Å². The monoisotopic (exact) mass is 344 g/mol. The maximum absolute atomic E-state index is 10.3. The predicted molar refractivity (Wildman–Crippen MR) is 107 cm³/mol. The first kappa shape index (κ1) is 24.8. The molecule has 3 heteroatoms. The second-order valence-corrected chi connectivity index (χ2v) is 6.95. The Balaban J connectivity index is 0. The maximum atomic E-state index is 10.3. The zero-order valence-electron chi connectivity index (χ0n) is 15.8. The molecule has 0 aromatic carbocycles. The molecule has 0 aliphatic rings. The predicted octanol–water partition coefficient (Wildman–Crippen LogP) is 7.09. The van der Waals surface area contributed by atoms with Crippen molar-refractivity contribution in [1.29, 1.82) is 0 Å². The minimum Gasteiger partial charge on any atom is -0.481 e. The molecule has 138 valence electrons. The number of hydrogen-bond donors (Lipinski definition) is 1. The van der Waals surface area contributed by atoms with Gasteiger partial charge in [-0.3, -0.25) is 4.79 Å². The van der Waals surface area contributed by atoms with E-state index < -0.39 is 5.97 Å². The summed E-state index contributed by atoms with van der Waals surface area (Å²) in [5.41, 5.74) is 0. The molecule has 0 aromatic heterocycles. The smallest absolute Gasteiger partial charge is 0.303 e. The summed E-state index contributed by atoms with van der Waals surface area (Å²) in [6.07, 6.45) is 25.3. The van der Waals surface area contributed by atoms with Crippen LogP contribution in [0.4, 0.5) is 0 Å². The number of carboxylic acids is 1. The molecular formula is C20H40O2S. The largest absolute Gasteiger partial charge is 0.481 e. The Labute approximate surface area is 149 Å². The van der Waals surface area contributed by atoms with Gasteiger partial charge in [-0.1, -0.05) is 70.4 Å². The minimum absolute atomic E-state index is 0.332. The molecule has 0 atom stereocenters. The molecule has 0 aliphatic heterocycles. The summed E-state index contributed by atoms with van der Waals surface area (Å²) in [6.45, 7) is 2.26. The Morgan fingerprint density at radius 1 is 0.783 bits per heavy atom. The summed E-state index contributed by atoms with van der Waals surface area (Å²) >= 11 is 1.75. The molecule has 0 radical (unpaired) electrons. The standard InChI is InChI=1S/C18H34O2.C2H6S/c1-2-3-4-5-6-7-8-9-10-11-12-13-14-15-16-17-18(19)20;1-3-2/h9-10H,2-8,11-17H2,1H3,(H,19,20);1-2H3. The quantitative estimate of drug-likeness (QED) is 0.254. The third kappa shape index (κ3) is 30.1. The average molecular weight is 345 g/mol. The Morgan fingerprint density at radius 2 is 1.17 bits per heavy atom. The van der Waals surface area contributed by atoms with Gasteiger partial charge in [0.15, 0.2) is 0 Å². The van der Waals surface area contributed by atoms with Crippen LogP contribution in [-0.2, 0) is 4.79 Å². The van der Waals surface area contributed by atoms with Crippen molar-refractivity contribution < 1.29 is 9.90 Å². The SMILES string of the molecule is CCCCCCCCC=CCCCCCCCC(=O)O.CSC. The molecule has 23 heavy (non-hydrogen) atoms. The third-order valence-electron chi connectivity index (χ3n) is 3.65. The van der Waals surface area contributed by atoms with Crippen molar-refractivity contribution in [2.24, 2.45) is 0 Å². The summed E-state index contributed by atoms with van der Waals surface area (Å²) in [5.74, 6) is -0.664. The second kappa shape index (κ2) is 23.8. The molecule has 0 saturated heterocycles. The van der Waals surface area contributed by atoms with Gasteiger partial charge in [-0.25, -0.2) is 0 Å². The summed E-state index contributed by atoms with van der Waals surface area (Å²) < 4.78 is 0. The van der Waals surface area contributed by atoms with Crippen LogP contribution in [0.5, 0.6) is 0 Å². The summed E-state index contributed by atoms with van der Waals surface area (Å²) in [4.78, 5) is 10.3. The van der Waals surface area contributed by atoms with Crippen LogP contribution in [0, 0.1) is 0 Å². The number of carboxylic acid groups (broad SMARTS) is 1. The fraction of sp³-hybridized carbons (Fsp3) is 0.850. The van der Waals surface area contributed by atoms with E-state index in [4.69, 9.17) is 5.11 Å². The molecule has 0 rings (SSSR count). The zero-order chi connectivity index (χ0) is 17.6. The first-order valence-corrected chi connectivity index (χ1v) is 11.1. The number of unbranched alkanes of at least 4 members (excludes halogenated alkanes) is 11. The number of hydrogen-bond acceptors (Lipinski definition) is 2. The van der Waals surface area contributed by atoms with E-state index in [0.29, 0.717) is 6.42 Å². The highest BCUT2D eigenvalue weighted by Crippen LogP contribution is 2.09. The van der Waals surface area contributed by atoms with Crippen molar-refractivity contribution in [2.45, 2.75) is 96.8 Å². The molecule has 0 spiro atoms. The van der Waals surface area contributed by atoms with E-state index in [-0.39, 0.29) is 0 Å². The normalized spacial score (nSPS) is 10.6. The first-order chi connectivity index (χ1) is 11.2. The molecule has 2 nitrogen and oxygen atoms in total. The fourth-order valence-corrected chi connectivity index (χ4v) is 2.35. The highest BCUT2D eigenvalue weighted by atomic mass is 32.2. The van der Waals surface area contributed by atoms with Gasteiger partial charge in [-0.15, -0.1) is 0 Å². The molecular weight excluding hydrogens is 304 g/mol. The molecule has 0 aliphatic carbocycles. The van der Waals surface area contributed by atoms with Crippen LogP contribution in [0.15, 0.2) is 12.2 Å². The van der Waals surface area contributed by atoms with E-state index in [9.17, 15) is 4.79 Å². The van der Waals surface area contributed by atoms with Crippen LogP contribution >= 0.6 is 11.8 Å². The Morgan fingerprint density at radius 3 is 1.61 bits per heavy atom. The molecule has 0 heterocycles. The van der Waals surface area contributed by atoms with Crippen molar-refractivity contribution in [3.63, 3.8) is 0 Å². The average Bonchev–Trinajstić information content (AvgIpc) is 2.51. The van der Waals surface area contributed by atoms with Gasteiger partial charge >= 0.3 is 5.97 Å². The van der Waals surface area contributed by atoms with Gasteiger partial charge in [0, 0.05) is 6.42 Å². The molecule has 0 amide bonds. The molecule has 0 aromatic rings. The molecule has 0 fully saturated rings. The number of carbonyl (C=O) groups is 1. The Hall–Kier alpha value is -0.440. The second-order valence-electron chi connectivity index (χ2n) is 6.14. The van der Waals surface area contributed by atoms with Gasteiger partial charge < -0.3 is 5.11 Å². The number of allylic oxidation sites excluding steroid dienone is 2. The molecule has 0 unspecified atom stereocenters. The van der Waals surface area contributed by atoms with Gasteiger partial charge in [0.2, 0.25) is 0 Å². The van der Waals surface area contributed by atoms with Crippen LogP contribution in [0.1, 0.15) is 96.8 Å². The van der Waals surface area contributed by atoms with Crippen molar-refractivity contribution in [1.82, 2.24) is 0 Å². The summed E-state index contributed by atoms with van der Waals surface area (Å²) in [7, 11) is 0. The van der Waals surface area contributed by atoms with E-state index >= 15 is 0 Å². The van der Waals surface area contributed by atoms with Crippen molar-refractivity contribution in [3.8, 4) is 0 Å². The maximum Gasteiger partial charge on any atom is 0.303 e. The van der Waals surface area contributed by atoms with E-state index in [2.05, 4.69) is 19.1 Å². The van der Waals surface area contributed by atoms with Crippen LogP contribution in [0.3, 0.4) is 0 Å².